The molecule has 1 atom stereocenters. The SMILES string of the molecule is CCCC(CC(=O)O)NC(=O)c1ccc(C)cc1Cl. The average Bonchev–Trinajstić information content (AvgIpc) is 2.27. The van der Waals surface area contributed by atoms with Crippen LogP contribution in [0.4, 0.5) is 0 Å². The second-order valence-corrected chi connectivity index (χ2v) is 4.95. The van der Waals surface area contributed by atoms with E-state index in [1.807, 2.05) is 13.8 Å². The molecule has 0 bridgehead atoms. The molecule has 4 nitrogen and oxygen atoms in total. The van der Waals surface area contributed by atoms with Gasteiger partial charge in [-0.3, -0.25) is 9.59 Å². The van der Waals surface area contributed by atoms with Crippen LogP contribution in [0.1, 0.15) is 42.1 Å². The lowest BCUT2D eigenvalue weighted by Gasteiger charge is -2.16. The maximum Gasteiger partial charge on any atom is 0.305 e. The van der Waals surface area contributed by atoms with Crippen molar-refractivity contribution in [3.05, 3.63) is 34.3 Å². The van der Waals surface area contributed by atoms with Crippen molar-refractivity contribution in [2.75, 3.05) is 0 Å². The number of benzene rings is 1. The highest BCUT2D eigenvalue weighted by Crippen LogP contribution is 2.18. The Morgan fingerprint density at radius 3 is 2.63 bits per heavy atom. The highest BCUT2D eigenvalue weighted by atomic mass is 35.5. The van der Waals surface area contributed by atoms with E-state index in [9.17, 15) is 9.59 Å². The van der Waals surface area contributed by atoms with E-state index in [0.29, 0.717) is 17.0 Å². The minimum absolute atomic E-state index is 0.0803. The fourth-order valence-electron chi connectivity index (χ4n) is 1.85. The molecule has 104 valence electrons. The number of halogens is 1. The Morgan fingerprint density at radius 1 is 1.42 bits per heavy atom. The zero-order chi connectivity index (χ0) is 14.4. The Morgan fingerprint density at radius 2 is 2.11 bits per heavy atom. The molecule has 1 unspecified atom stereocenters. The molecule has 0 saturated heterocycles. The normalized spacial score (nSPS) is 11.9. The van der Waals surface area contributed by atoms with Gasteiger partial charge in [-0.1, -0.05) is 31.0 Å². The monoisotopic (exact) mass is 283 g/mol. The Bertz CT molecular complexity index is 474. The van der Waals surface area contributed by atoms with Gasteiger partial charge < -0.3 is 10.4 Å². The maximum absolute atomic E-state index is 12.1. The first-order valence-corrected chi connectivity index (χ1v) is 6.60. The second kappa shape index (κ2) is 7.14. The van der Waals surface area contributed by atoms with Gasteiger partial charge in [-0.25, -0.2) is 0 Å². The molecule has 0 heterocycles. The summed E-state index contributed by atoms with van der Waals surface area (Å²) in [5, 5.41) is 11.9. The summed E-state index contributed by atoms with van der Waals surface area (Å²) >= 11 is 6.01. The first kappa shape index (κ1) is 15.5. The average molecular weight is 284 g/mol. The Hall–Kier alpha value is -1.55. The van der Waals surface area contributed by atoms with Crippen molar-refractivity contribution in [1.29, 1.82) is 0 Å². The Kier molecular flexibility index (Phi) is 5.83. The van der Waals surface area contributed by atoms with E-state index in [1.54, 1.807) is 18.2 Å². The summed E-state index contributed by atoms with van der Waals surface area (Å²) in [5.74, 6) is -1.25. The first-order valence-electron chi connectivity index (χ1n) is 6.22. The van der Waals surface area contributed by atoms with E-state index in [-0.39, 0.29) is 18.4 Å². The fourth-order valence-corrected chi connectivity index (χ4v) is 2.17. The third kappa shape index (κ3) is 4.91. The minimum atomic E-state index is -0.922. The summed E-state index contributed by atoms with van der Waals surface area (Å²) in [7, 11) is 0. The van der Waals surface area contributed by atoms with Crippen LogP contribution in [0.3, 0.4) is 0 Å². The van der Waals surface area contributed by atoms with Crippen LogP contribution in [0.2, 0.25) is 5.02 Å². The molecule has 19 heavy (non-hydrogen) atoms. The molecule has 1 amide bonds. The number of carbonyl (C=O) groups excluding carboxylic acids is 1. The molecule has 0 fully saturated rings. The van der Waals surface area contributed by atoms with Crippen LogP contribution in [-0.4, -0.2) is 23.0 Å². The van der Waals surface area contributed by atoms with Gasteiger partial charge in [0.15, 0.2) is 0 Å². The summed E-state index contributed by atoms with van der Waals surface area (Å²) in [6.07, 6.45) is 1.35. The van der Waals surface area contributed by atoms with Crippen molar-refractivity contribution in [2.45, 2.75) is 39.2 Å². The number of aliphatic carboxylic acids is 1. The van der Waals surface area contributed by atoms with E-state index >= 15 is 0 Å². The minimum Gasteiger partial charge on any atom is -0.481 e. The van der Waals surface area contributed by atoms with Crippen molar-refractivity contribution in [2.24, 2.45) is 0 Å². The number of aryl methyl sites for hydroxylation is 1. The molecule has 5 heteroatoms. The molecule has 0 aromatic heterocycles. The van der Waals surface area contributed by atoms with Gasteiger partial charge in [-0.05, 0) is 31.0 Å². The number of nitrogens with one attached hydrogen (secondary N) is 1. The highest BCUT2D eigenvalue weighted by molar-refractivity contribution is 6.33. The number of hydrogen-bond donors (Lipinski definition) is 2. The summed E-state index contributed by atoms with van der Waals surface area (Å²) in [4.78, 5) is 22.8. The zero-order valence-corrected chi connectivity index (χ0v) is 11.8. The maximum atomic E-state index is 12.1. The molecule has 1 rings (SSSR count). The molecular weight excluding hydrogens is 266 g/mol. The van der Waals surface area contributed by atoms with Crippen molar-refractivity contribution in [3.63, 3.8) is 0 Å². The van der Waals surface area contributed by atoms with Crippen LogP contribution >= 0.6 is 11.6 Å². The summed E-state index contributed by atoms with van der Waals surface area (Å²) in [6.45, 7) is 3.83. The van der Waals surface area contributed by atoms with E-state index in [4.69, 9.17) is 16.7 Å². The van der Waals surface area contributed by atoms with Gasteiger partial charge in [-0.15, -0.1) is 0 Å². The molecule has 0 saturated carbocycles. The summed E-state index contributed by atoms with van der Waals surface area (Å²) in [6, 6.07) is 4.79. The quantitative estimate of drug-likeness (QED) is 0.843. The molecule has 0 spiro atoms. The van der Waals surface area contributed by atoms with Gasteiger partial charge in [-0.2, -0.15) is 0 Å². The molecule has 0 radical (unpaired) electrons. The summed E-state index contributed by atoms with van der Waals surface area (Å²) < 4.78 is 0. The van der Waals surface area contributed by atoms with Crippen LogP contribution in [0.5, 0.6) is 0 Å². The molecule has 2 N–H and O–H groups in total. The number of hydrogen-bond acceptors (Lipinski definition) is 2. The van der Waals surface area contributed by atoms with E-state index in [1.165, 1.54) is 0 Å². The Labute approximate surface area is 117 Å². The highest BCUT2D eigenvalue weighted by Gasteiger charge is 2.17. The van der Waals surface area contributed by atoms with Gasteiger partial charge in [0.05, 0.1) is 17.0 Å². The van der Waals surface area contributed by atoms with Crippen molar-refractivity contribution >= 4 is 23.5 Å². The number of carboxylic acids is 1. The molecule has 0 aliphatic carbocycles. The zero-order valence-electron chi connectivity index (χ0n) is 11.1. The van der Waals surface area contributed by atoms with Crippen LogP contribution < -0.4 is 5.32 Å². The van der Waals surface area contributed by atoms with Gasteiger partial charge >= 0.3 is 5.97 Å². The summed E-state index contributed by atoms with van der Waals surface area (Å²) in [5.41, 5.74) is 1.34. The first-order chi connectivity index (χ1) is 8.93. The number of rotatable bonds is 6. The fraction of sp³-hybridized carbons (Fsp3) is 0.429. The van der Waals surface area contributed by atoms with Crippen molar-refractivity contribution in [1.82, 2.24) is 5.32 Å². The lowest BCUT2D eigenvalue weighted by Crippen LogP contribution is -2.36. The van der Waals surface area contributed by atoms with Gasteiger partial charge in [0.25, 0.3) is 5.91 Å². The smallest absolute Gasteiger partial charge is 0.305 e. The van der Waals surface area contributed by atoms with Crippen molar-refractivity contribution < 1.29 is 14.7 Å². The van der Waals surface area contributed by atoms with Gasteiger partial charge in [0, 0.05) is 6.04 Å². The third-order valence-electron chi connectivity index (χ3n) is 2.76. The van der Waals surface area contributed by atoms with Crippen LogP contribution in [-0.2, 0) is 4.79 Å². The molecule has 1 aromatic carbocycles. The largest absolute Gasteiger partial charge is 0.481 e. The second-order valence-electron chi connectivity index (χ2n) is 4.54. The topological polar surface area (TPSA) is 66.4 Å². The van der Waals surface area contributed by atoms with E-state index in [0.717, 1.165) is 12.0 Å². The standard InChI is InChI=1S/C14H18ClNO3/c1-3-4-10(8-13(17)18)16-14(19)11-6-5-9(2)7-12(11)15/h5-7,10H,3-4,8H2,1-2H3,(H,16,19)(H,17,18). The van der Waals surface area contributed by atoms with E-state index < -0.39 is 5.97 Å². The predicted octanol–water partition coefficient (Wildman–Crippen LogP) is 3.02. The van der Waals surface area contributed by atoms with Gasteiger partial charge in [0.1, 0.15) is 0 Å². The predicted molar refractivity (Wildman–Crippen MR) is 74.6 cm³/mol. The lowest BCUT2D eigenvalue weighted by molar-refractivity contribution is -0.137. The van der Waals surface area contributed by atoms with Crippen molar-refractivity contribution in [3.8, 4) is 0 Å². The molecule has 1 aromatic rings. The molecule has 0 aliphatic heterocycles. The molecule has 0 aliphatic rings. The lowest BCUT2D eigenvalue weighted by atomic mass is 10.1. The number of amides is 1. The number of carbonyl (C=O) groups is 2. The molecular formula is C14H18ClNO3. The third-order valence-corrected chi connectivity index (χ3v) is 3.08. The van der Waals surface area contributed by atoms with E-state index in [2.05, 4.69) is 5.32 Å². The van der Waals surface area contributed by atoms with Crippen LogP contribution in [0, 0.1) is 6.92 Å². The van der Waals surface area contributed by atoms with Gasteiger partial charge in [0.2, 0.25) is 0 Å². The van der Waals surface area contributed by atoms with Crippen LogP contribution in [0.25, 0.3) is 0 Å². The Balaban J connectivity index is 2.78. The number of carboxylic acid groups (broad SMARTS) is 1. The van der Waals surface area contributed by atoms with Crippen LogP contribution in [0.15, 0.2) is 18.2 Å².